The Labute approximate surface area is 147 Å². The fourth-order valence-electron chi connectivity index (χ4n) is 3.30. The predicted molar refractivity (Wildman–Crippen MR) is 92.8 cm³/mol. The van der Waals surface area contributed by atoms with Crippen molar-refractivity contribution >= 4 is 23.1 Å². The first-order valence-corrected chi connectivity index (χ1v) is 9.07. The summed E-state index contributed by atoms with van der Waals surface area (Å²) in [5.41, 5.74) is 2.71. The molecule has 1 N–H and O–H groups in total. The second-order valence-corrected chi connectivity index (χ2v) is 6.94. The summed E-state index contributed by atoms with van der Waals surface area (Å²) in [7, 11) is 0. The molecule has 1 aliphatic heterocycles. The van der Waals surface area contributed by atoms with Crippen LogP contribution in [0.15, 0.2) is 16.9 Å². The quantitative estimate of drug-likeness (QED) is 0.769. The number of H-pyrrole nitrogens is 1. The van der Waals surface area contributed by atoms with Crippen LogP contribution in [0.25, 0.3) is 5.65 Å². The molecule has 1 unspecified atom stereocenters. The monoisotopic (exact) mass is 358 g/mol. The molecule has 1 fully saturated rings. The highest BCUT2D eigenvalue weighted by molar-refractivity contribution is 7.07. The number of aromatic amines is 1. The fourth-order valence-corrected chi connectivity index (χ4v) is 3.92. The number of carbonyl (C=O) groups is 1. The number of amides is 1. The molecular formula is C16H18N6O2S. The molecular weight excluding hydrogens is 340 g/mol. The van der Waals surface area contributed by atoms with Crippen molar-refractivity contribution in [2.24, 2.45) is 0 Å². The maximum Gasteiger partial charge on any atom is 0.272 e. The average Bonchev–Trinajstić information content (AvgIpc) is 3.32. The van der Waals surface area contributed by atoms with E-state index in [1.807, 2.05) is 17.9 Å². The van der Waals surface area contributed by atoms with Crippen LogP contribution in [0, 0.1) is 6.92 Å². The van der Waals surface area contributed by atoms with Crippen LogP contribution in [0.3, 0.4) is 0 Å². The van der Waals surface area contributed by atoms with Crippen molar-refractivity contribution in [3.63, 3.8) is 0 Å². The number of aromatic nitrogens is 5. The number of fused-ring (bicyclic) bond motifs is 1. The lowest BCUT2D eigenvalue weighted by molar-refractivity contribution is 0.0736. The molecule has 0 aliphatic carbocycles. The van der Waals surface area contributed by atoms with E-state index >= 15 is 0 Å². The maximum absolute atomic E-state index is 12.9. The number of nitrogens with one attached hydrogen (secondary N) is 1. The van der Waals surface area contributed by atoms with E-state index in [1.54, 1.807) is 6.92 Å². The SMILES string of the molecule is CCc1cc(=O)n2[nH]c(C3CCCN3C(=O)c3snnc3C)cc2n1. The van der Waals surface area contributed by atoms with Crippen LogP contribution in [-0.4, -0.2) is 41.5 Å². The van der Waals surface area contributed by atoms with Crippen LogP contribution in [0.5, 0.6) is 0 Å². The minimum absolute atomic E-state index is 0.0526. The van der Waals surface area contributed by atoms with Gasteiger partial charge >= 0.3 is 0 Å². The van der Waals surface area contributed by atoms with E-state index in [4.69, 9.17) is 0 Å². The van der Waals surface area contributed by atoms with Gasteiger partial charge in [-0.2, -0.15) is 0 Å². The summed E-state index contributed by atoms with van der Waals surface area (Å²) < 4.78 is 5.30. The topological polar surface area (TPSA) is 96.2 Å². The molecule has 25 heavy (non-hydrogen) atoms. The second kappa shape index (κ2) is 6.07. The molecule has 130 valence electrons. The Morgan fingerprint density at radius 2 is 2.28 bits per heavy atom. The van der Waals surface area contributed by atoms with Crippen molar-refractivity contribution < 1.29 is 4.79 Å². The number of likely N-dealkylation sites (tertiary alicyclic amines) is 1. The lowest BCUT2D eigenvalue weighted by Gasteiger charge is -2.23. The first kappa shape index (κ1) is 15.9. The van der Waals surface area contributed by atoms with Crippen LogP contribution in [0.4, 0.5) is 0 Å². The Kier molecular flexibility index (Phi) is 3.87. The number of aryl methyl sites for hydroxylation is 2. The number of hydrogen-bond acceptors (Lipinski definition) is 6. The van der Waals surface area contributed by atoms with Gasteiger partial charge in [0.1, 0.15) is 4.88 Å². The fraction of sp³-hybridized carbons (Fsp3) is 0.438. The zero-order valence-electron chi connectivity index (χ0n) is 14.0. The van der Waals surface area contributed by atoms with Gasteiger partial charge < -0.3 is 4.90 Å². The Hall–Kier alpha value is -2.55. The molecule has 3 aromatic rings. The summed E-state index contributed by atoms with van der Waals surface area (Å²) in [6, 6.07) is 3.31. The lowest BCUT2D eigenvalue weighted by atomic mass is 10.1. The van der Waals surface area contributed by atoms with Gasteiger partial charge in [0.15, 0.2) is 5.65 Å². The molecule has 1 aliphatic rings. The molecule has 0 saturated carbocycles. The van der Waals surface area contributed by atoms with Gasteiger partial charge in [0.2, 0.25) is 0 Å². The summed E-state index contributed by atoms with van der Waals surface area (Å²) in [6.07, 6.45) is 2.47. The van der Waals surface area contributed by atoms with Crippen molar-refractivity contribution in [3.05, 3.63) is 44.4 Å². The van der Waals surface area contributed by atoms with Gasteiger partial charge in [-0.3, -0.25) is 14.7 Å². The first-order valence-electron chi connectivity index (χ1n) is 8.30. The van der Waals surface area contributed by atoms with Gasteiger partial charge in [-0.25, -0.2) is 9.50 Å². The molecule has 1 saturated heterocycles. The molecule has 3 aromatic heterocycles. The van der Waals surface area contributed by atoms with Crippen molar-refractivity contribution in [2.45, 2.75) is 39.2 Å². The number of nitrogens with zero attached hydrogens (tertiary/aromatic N) is 5. The number of hydrogen-bond donors (Lipinski definition) is 1. The van der Waals surface area contributed by atoms with Crippen LogP contribution in [-0.2, 0) is 6.42 Å². The Balaban J connectivity index is 1.72. The van der Waals surface area contributed by atoms with Gasteiger partial charge in [-0.05, 0) is 37.7 Å². The Morgan fingerprint density at radius 3 is 3.00 bits per heavy atom. The van der Waals surface area contributed by atoms with E-state index in [2.05, 4.69) is 19.7 Å². The second-order valence-electron chi connectivity index (χ2n) is 6.19. The summed E-state index contributed by atoms with van der Waals surface area (Å²) in [5.74, 6) is -0.0526. The van der Waals surface area contributed by atoms with Gasteiger partial charge in [0, 0.05) is 24.4 Å². The summed E-state index contributed by atoms with van der Waals surface area (Å²) >= 11 is 1.12. The van der Waals surface area contributed by atoms with Crippen molar-refractivity contribution in [1.82, 2.24) is 29.1 Å². The van der Waals surface area contributed by atoms with E-state index in [9.17, 15) is 9.59 Å². The van der Waals surface area contributed by atoms with Gasteiger partial charge in [0.05, 0.1) is 17.4 Å². The third kappa shape index (κ3) is 2.64. The van der Waals surface area contributed by atoms with Crippen LogP contribution < -0.4 is 5.56 Å². The molecule has 0 aromatic carbocycles. The van der Waals surface area contributed by atoms with Crippen LogP contribution in [0.2, 0.25) is 0 Å². The Morgan fingerprint density at radius 1 is 1.44 bits per heavy atom. The highest BCUT2D eigenvalue weighted by Gasteiger charge is 2.33. The van der Waals surface area contributed by atoms with Crippen molar-refractivity contribution in [2.75, 3.05) is 6.54 Å². The molecule has 0 spiro atoms. The average molecular weight is 358 g/mol. The molecule has 0 radical (unpaired) electrons. The third-order valence-electron chi connectivity index (χ3n) is 4.60. The number of carbonyl (C=O) groups excluding carboxylic acids is 1. The minimum atomic E-state index is -0.133. The van der Waals surface area contributed by atoms with E-state index in [0.29, 0.717) is 29.2 Å². The van der Waals surface area contributed by atoms with E-state index in [0.717, 1.165) is 35.8 Å². The normalized spacial score (nSPS) is 17.5. The smallest absolute Gasteiger partial charge is 0.272 e. The molecule has 4 rings (SSSR count). The molecule has 8 nitrogen and oxygen atoms in total. The van der Waals surface area contributed by atoms with E-state index < -0.39 is 0 Å². The third-order valence-corrected chi connectivity index (χ3v) is 5.42. The minimum Gasteiger partial charge on any atom is -0.329 e. The van der Waals surface area contributed by atoms with Gasteiger partial charge in [-0.15, -0.1) is 5.10 Å². The summed E-state index contributed by atoms with van der Waals surface area (Å²) in [4.78, 5) is 32.0. The molecule has 0 bridgehead atoms. The van der Waals surface area contributed by atoms with Crippen LogP contribution >= 0.6 is 11.5 Å². The summed E-state index contributed by atoms with van der Waals surface area (Å²) in [5, 5.41) is 7.05. The van der Waals surface area contributed by atoms with Gasteiger partial charge in [0.25, 0.3) is 11.5 Å². The molecule has 1 amide bonds. The molecule has 4 heterocycles. The largest absolute Gasteiger partial charge is 0.329 e. The first-order chi connectivity index (χ1) is 12.1. The zero-order chi connectivity index (χ0) is 17.6. The number of rotatable bonds is 3. The lowest BCUT2D eigenvalue weighted by Crippen LogP contribution is -2.30. The van der Waals surface area contributed by atoms with E-state index in [1.165, 1.54) is 10.6 Å². The molecule has 9 heteroatoms. The van der Waals surface area contributed by atoms with Crippen molar-refractivity contribution in [1.29, 1.82) is 0 Å². The standard InChI is InChI=1S/C16H18N6O2S/c1-3-10-7-14(23)22-13(17-10)8-11(19-22)12-5-4-6-21(12)16(24)15-9(2)18-20-25-15/h7-8,12,19H,3-6H2,1-2H3. The Bertz CT molecular complexity index is 1000. The van der Waals surface area contributed by atoms with Gasteiger partial charge in [-0.1, -0.05) is 11.4 Å². The molecule has 1 atom stereocenters. The van der Waals surface area contributed by atoms with Crippen molar-refractivity contribution in [3.8, 4) is 0 Å². The van der Waals surface area contributed by atoms with E-state index in [-0.39, 0.29) is 17.5 Å². The summed E-state index contributed by atoms with van der Waals surface area (Å²) in [6.45, 7) is 4.44. The predicted octanol–water partition coefficient (Wildman–Crippen LogP) is 1.72. The maximum atomic E-state index is 12.9. The van der Waals surface area contributed by atoms with Crippen LogP contribution in [0.1, 0.15) is 52.6 Å². The highest BCUT2D eigenvalue weighted by Crippen LogP contribution is 2.33. The zero-order valence-corrected chi connectivity index (χ0v) is 14.8. The highest BCUT2D eigenvalue weighted by atomic mass is 32.1.